The largest absolute Gasteiger partial charge is 0.497 e. The summed E-state index contributed by atoms with van der Waals surface area (Å²) >= 11 is 1.55. The third kappa shape index (κ3) is 5.43. The summed E-state index contributed by atoms with van der Waals surface area (Å²) in [6, 6.07) is 7.89. The lowest BCUT2D eigenvalue weighted by Crippen LogP contribution is -2.50. The van der Waals surface area contributed by atoms with Crippen molar-refractivity contribution in [3.63, 3.8) is 0 Å². The molecule has 0 unspecified atom stereocenters. The lowest BCUT2D eigenvalue weighted by Gasteiger charge is -2.41. The number of carbonyl (C=O) groups is 1. The van der Waals surface area contributed by atoms with Gasteiger partial charge in [-0.15, -0.1) is 0 Å². The van der Waals surface area contributed by atoms with E-state index in [1.165, 1.54) is 0 Å². The number of nitrogens with zero attached hydrogens (tertiary/aromatic N) is 3. The number of ether oxygens (including phenoxy) is 3. The van der Waals surface area contributed by atoms with Gasteiger partial charge in [0.2, 0.25) is 0 Å². The number of benzene rings is 1. The van der Waals surface area contributed by atoms with Gasteiger partial charge in [-0.1, -0.05) is 17.4 Å². The number of thiazole rings is 1. The molecule has 0 saturated carbocycles. The van der Waals surface area contributed by atoms with Crippen LogP contribution in [0.2, 0.25) is 0 Å². The summed E-state index contributed by atoms with van der Waals surface area (Å²) in [5.74, 6) is 1.42. The van der Waals surface area contributed by atoms with Gasteiger partial charge in [0.1, 0.15) is 17.6 Å². The number of rotatable bonds is 7. The Bertz CT molecular complexity index is 800. The number of aromatic nitrogens is 1. The van der Waals surface area contributed by atoms with Crippen molar-refractivity contribution < 1.29 is 19.0 Å². The molecule has 1 amide bonds. The highest BCUT2D eigenvalue weighted by Gasteiger charge is 2.30. The normalized spacial score (nSPS) is 18.9. The fourth-order valence-electron chi connectivity index (χ4n) is 4.18. The molecule has 162 valence electrons. The quantitative estimate of drug-likeness (QED) is 0.671. The van der Waals surface area contributed by atoms with Crippen LogP contribution in [0.1, 0.15) is 25.7 Å². The van der Waals surface area contributed by atoms with Crippen molar-refractivity contribution >= 4 is 17.2 Å². The number of hydrogen-bond donors (Lipinski definition) is 0. The van der Waals surface area contributed by atoms with Crippen molar-refractivity contribution in [3.8, 4) is 16.7 Å². The van der Waals surface area contributed by atoms with Crippen molar-refractivity contribution in [3.05, 3.63) is 35.8 Å². The van der Waals surface area contributed by atoms with Gasteiger partial charge in [0, 0.05) is 49.9 Å². The van der Waals surface area contributed by atoms with Crippen LogP contribution in [0.4, 0.5) is 0 Å². The molecule has 7 nitrogen and oxygen atoms in total. The van der Waals surface area contributed by atoms with Crippen LogP contribution in [0.25, 0.3) is 0 Å². The van der Waals surface area contributed by atoms with E-state index in [2.05, 4.69) is 9.88 Å². The molecule has 2 saturated heterocycles. The Morgan fingerprint density at radius 1 is 1.13 bits per heavy atom. The Morgan fingerprint density at radius 3 is 2.60 bits per heavy atom. The molecule has 2 fully saturated rings. The van der Waals surface area contributed by atoms with Crippen LogP contribution in [0.15, 0.2) is 35.8 Å². The molecule has 0 radical (unpaired) electrons. The molecule has 2 aliphatic rings. The summed E-state index contributed by atoms with van der Waals surface area (Å²) < 4.78 is 16.8. The minimum Gasteiger partial charge on any atom is -0.497 e. The molecule has 4 rings (SSSR count). The fraction of sp³-hybridized carbons (Fsp3) is 0.545. The smallest absolute Gasteiger partial charge is 0.273 e. The first kappa shape index (κ1) is 20.9. The van der Waals surface area contributed by atoms with Gasteiger partial charge >= 0.3 is 0 Å². The van der Waals surface area contributed by atoms with E-state index in [4.69, 9.17) is 14.2 Å². The molecule has 1 aromatic carbocycles. The van der Waals surface area contributed by atoms with E-state index in [1.54, 1.807) is 30.7 Å². The van der Waals surface area contributed by atoms with E-state index in [9.17, 15) is 4.79 Å². The van der Waals surface area contributed by atoms with E-state index in [0.717, 1.165) is 62.8 Å². The molecule has 0 bridgehead atoms. The minimum atomic E-state index is 0.0480. The number of carbonyl (C=O) groups excluding carboxylic acids is 1. The van der Waals surface area contributed by atoms with Crippen LogP contribution in [0, 0.1) is 0 Å². The third-order valence-electron chi connectivity index (χ3n) is 5.89. The standard InChI is InChI=1S/C22H29N3O4S/c1-27-19-3-2-4-20(15-19)28-16-21(26)25-10-5-17(6-11-25)24-12-7-18(8-13-24)29-22-23-9-14-30-22/h2-4,9,14-15,17-18H,5-8,10-13,16H2,1H3. The van der Waals surface area contributed by atoms with Gasteiger partial charge in [0.25, 0.3) is 11.1 Å². The zero-order chi connectivity index (χ0) is 20.8. The molecule has 0 atom stereocenters. The summed E-state index contributed by atoms with van der Waals surface area (Å²) in [6.45, 7) is 3.75. The van der Waals surface area contributed by atoms with Crippen LogP contribution >= 0.6 is 11.3 Å². The zero-order valence-corrected chi connectivity index (χ0v) is 18.2. The summed E-state index contributed by atoms with van der Waals surface area (Å²) in [5, 5.41) is 2.72. The highest BCUT2D eigenvalue weighted by atomic mass is 32.1. The van der Waals surface area contributed by atoms with Crippen molar-refractivity contribution in [2.75, 3.05) is 39.9 Å². The first-order chi connectivity index (χ1) is 14.7. The maximum atomic E-state index is 12.5. The summed E-state index contributed by atoms with van der Waals surface area (Å²) in [6.07, 6.45) is 6.15. The second-order valence-corrected chi connectivity index (χ2v) is 8.59. The number of piperidine rings is 2. The Morgan fingerprint density at radius 2 is 1.90 bits per heavy atom. The van der Waals surface area contributed by atoms with Gasteiger partial charge in [-0.2, -0.15) is 0 Å². The lowest BCUT2D eigenvalue weighted by molar-refractivity contribution is -0.135. The van der Waals surface area contributed by atoms with E-state index >= 15 is 0 Å². The second kappa shape index (κ2) is 10.1. The van der Waals surface area contributed by atoms with Crippen LogP contribution in [0.5, 0.6) is 16.7 Å². The third-order valence-corrected chi connectivity index (χ3v) is 6.55. The molecule has 8 heteroatoms. The first-order valence-corrected chi connectivity index (χ1v) is 11.4. The van der Waals surface area contributed by atoms with Crippen LogP contribution < -0.4 is 14.2 Å². The highest BCUT2D eigenvalue weighted by molar-refractivity contribution is 7.11. The van der Waals surface area contributed by atoms with Gasteiger partial charge < -0.3 is 19.1 Å². The number of likely N-dealkylation sites (tertiary alicyclic amines) is 2. The Hall–Kier alpha value is -2.32. The molecule has 1 aromatic heterocycles. The van der Waals surface area contributed by atoms with Crippen molar-refractivity contribution in [2.24, 2.45) is 0 Å². The van der Waals surface area contributed by atoms with E-state index in [0.29, 0.717) is 11.8 Å². The topological polar surface area (TPSA) is 64.1 Å². The van der Waals surface area contributed by atoms with Crippen LogP contribution in [0.3, 0.4) is 0 Å². The zero-order valence-electron chi connectivity index (χ0n) is 17.4. The maximum absolute atomic E-state index is 12.5. The average molecular weight is 432 g/mol. The molecule has 30 heavy (non-hydrogen) atoms. The van der Waals surface area contributed by atoms with Gasteiger partial charge in [0.15, 0.2) is 6.61 Å². The second-order valence-electron chi connectivity index (χ2n) is 7.73. The van der Waals surface area contributed by atoms with Crippen molar-refractivity contribution in [1.29, 1.82) is 0 Å². The SMILES string of the molecule is COc1cccc(OCC(=O)N2CCC(N3CCC(Oc4nccs4)CC3)CC2)c1. The van der Waals surface area contributed by atoms with Crippen LogP contribution in [-0.2, 0) is 4.79 Å². The Kier molecular flexibility index (Phi) is 7.07. The molecular formula is C22H29N3O4S. The lowest BCUT2D eigenvalue weighted by atomic mass is 9.99. The molecule has 2 aromatic rings. The summed E-state index contributed by atoms with van der Waals surface area (Å²) in [7, 11) is 1.62. The number of hydrogen-bond acceptors (Lipinski definition) is 7. The predicted molar refractivity (Wildman–Crippen MR) is 115 cm³/mol. The van der Waals surface area contributed by atoms with Crippen molar-refractivity contribution in [1.82, 2.24) is 14.8 Å². The monoisotopic (exact) mass is 431 g/mol. The van der Waals surface area contributed by atoms with Gasteiger partial charge in [-0.25, -0.2) is 4.98 Å². The van der Waals surface area contributed by atoms with Crippen LogP contribution in [-0.4, -0.2) is 72.7 Å². The Balaban J connectivity index is 1.17. The number of methoxy groups -OCH3 is 1. The van der Waals surface area contributed by atoms with Crippen molar-refractivity contribution in [2.45, 2.75) is 37.8 Å². The summed E-state index contributed by atoms with van der Waals surface area (Å²) in [5.41, 5.74) is 0. The molecule has 0 N–H and O–H groups in total. The van der Waals surface area contributed by atoms with Gasteiger partial charge in [-0.05, 0) is 37.8 Å². The fourth-order valence-corrected chi connectivity index (χ4v) is 4.73. The summed E-state index contributed by atoms with van der Waals surface area (Å²) in [4.78, 5) is 21.2. The number of amides is 1. The van der Waals surface area contributed by atoms with E-state index in [1.807, 2.05) is 28.5 Å². The first-order valence-electron chi connectivity index (χ1n) is 10.6. The van der Waals surface area contributed by atoms with Gasteiger partial charge in [0.05, 0.1) is 7.11 Å². The average Bonchev–Trinajstić information content (AvgIpc) is 3.31. The molecular weight excluding hydrogens is 402 g/mol. The van der Waals surface area contributed by atoms with E-state index in [-0.39, 0.29) is 18.6 Å². The molecule has 0 spiro atoms. The predicted octanol–water partition coefficient (Wildman–Crippen LogP) is 3.06. The minimum absolute atomic E-state index is 0.0480. The van der Waals surface area contributed by atoms with Gasteiger partial charge in [-0.3, -0.25) is 9.69 Å². The van der Waals surface area contributed by atoms with E-state index < -0.39 is 0 Å². The highest BCUT2D eigenvalue weighted by Crippen LogP contribution is 2.25. The molecule has 2 aliphatic heterocycles. The molecule has 3 heterocycles. The maximum Gasteiger partial charge on any atom is 0.273 e. The molecule has 0 aliphatic carbocycles. The Labute approximate surface area is 181 Å².